The Morgan fingerprint density at radius 3 is 2.60 bits per heavy atom. The van der Waals surface area contributed by atoms with Crippen LogP contribution in [0, 0.1) is 18.3 Å². The molecule has 0 aromatic heterocycles. The number of nitrogens with zero attached hydrogens (tertiary/aromatic N) is 2. The number of aromatic carboxylic acids is 1. The van der Waals surface area contributed by atoms with E-state index in [-0.39, 0.29) is 16.9 Å². The van der Waals surface area contributed by atoms with E-state index < -0.39 is 22.0 Å². The Labute approximate surface area is 118 Å². The summed E-state index contributed by atoms with van der Waals surface area (Å²) in [5, 5.41) is 17.6. The predicted octanol–water partition coefficient (Wildman–Crippen LogP) is 1.62. The van der Waals surface area contributed by atoms with E-state index in [9.17, 15) is 13.2 Å². The molecule has 6 nitrogen and oxygen atoms in total. The number of hydrogen-bond acceptors (Lipinski definition) is 4. The molecular weight excluding hydrogens is 280 g/mol. The van der Waals surface area contributed by atoms with Crippen molar-refractivity contribution in [2.24, 2.45) is 0 Å². The molecule has 108 valence electrons. The normalized spacial score (nSPS) is 12.9. The standard InChI is InChI=1S/C13H16N2O4S/c1-9-4-5-11(13(16)17)8-12(9)20(18,19)15(3)10(2)6-7-14/h4-5,8,10H,6H2,1-3H3,(H,16,17). The summed E-state index contributed by atoms with van der Waals surface area (Å²) in [5.74, 6) is -1.19. The van der Waals surface area contributed by atoms with E-state index in [1.807, 2.05) is 6.07 Å². The quantitative estimate of drug-likeness (QED) is 0.890. The van der Waals surface area contributed by atoms with Crippen LogP contribution in [0.15, 0.2) is 23.1 Å². The third-order valence-corrected chi connectivity index (χ3v) is 5.21. The van der Waals surface area contributed by atoms with Crippen molar-refractivity contribution in [3.8, 4) is 6.07 Å². The second-order valence-electron chi connectivity index (χ2n) is 4.52. The smallest absolute Gasteiger partial charge is 0.335 e. The van der Waals surface area contributed by atoms with Crippen LogP contribution in [-0.4, -0.2) is 36.9 Å². The first-order chi connectivity index (χ1) is 9.21. The molecule has 0 saturated heterocycles. The lowest BCUT2D eigenvalue weighted by molar-refractivity contribution is 0.0696. The van der Waals surface area contributed by atoms with Gasteiger partial charge < -0.3 is 5.11 Å². The van der Waals surface area contributed by atoms with Crippen LogP contribution in [0.25, 0.3) is 0 Å². The zero-order valence-electron chi connectivity index (χ0n) is 11.5. The summed E-state index contributed by atoms with van der Waals surface area (Å²) in [6.07, 6.45) is 0.0629. The van der Waals surface area contributed by atoms with Gasteiger partial charge in [0.2, 0.25) is 10.0 Å². The fourth-order valence-corrected chi connectivity index (χ4v) is 3.27. The molecular formula is C13H16N2O4S. The first-order valence-corrected chi connectivity index (χ1v) is 7.34. The molecule has 0 saturated carbocycles. The topological polar surface area (TPSA) is 98.5 Å². The van der Waals surface area contributed by atoms with Gasteiger partial charge >= 0.3 is 5.97 Å². The molecule has 0 aliphatic heterocycles. The van der Waals surface area contributed by atoms with E-state index in [1.54, 1.807) is 13.8 Å². The number of nitriles is 1. The average molecular weight is 296 g/mol. The van der Waals surface area contributed by atoms with E-state index in [2.05, 4.69) is 0 Å². The maximum absolute atomic E-state index is 12.5. The van der Waals surface area contributed by atoms with E-state index in [1.165, 1.54) is 19.2 Å². The summed E-state index contributed by atoms with van der Waals surface area (Å²) >= 11 is 0. The zero-order valence-corrected chi connectivity index (χ0v) is 12.3. The molecule has 0 fully saturated rings. The summed E-state index contributed by atoms with van der Waals surface area (Å²) in [5.41, 5.74) is 0.376. The Morgan fingerprint density at radius 2 is 2.10 bits per heavy atom. The minimum atomic E-state index is -3.83. The largest absolute Gasteiger partial charge is 0.478 e. The van der Waals surface area contributed by atoms with Gasteiger partial charge in [0.1, 0.15) is 0 Å². The lowest BCUT2D eigenvalue weighted by Gasteiger charge is -2.23. The first-order valence-electron chi connectivity index (χ1n) is 5.90. The minimum absolute atomic E-state index is 0.0512. The van der Waals surface area contributed by atoms with E-state index in [4.69, 9.17) is 10.4 Å². The van der Waals surface area contributed by atoms with Crippen molar-refractivity contribution >= 4 is 16.0 Å². The van der Waals surface area contributed by atoms with Crippen molar-refractivity contribution < 1.29 is 18.3 Å². The third kappa shape index (κ3) is 3.15. The highest BCUT2D eigenvalue weighted by Gasteiger charge is 2.27. The summed E-state index contributed by atoms with van der Waals surface area (Å²) in [7, 11) is -2.45. The van der Waals surface area contributed by atoms with Crippen LogP contribution in [0.4, 0.5) is 0 Å². The summed E-state index contributed by atoms with van der Waals surface area (Å²) in [6, 6.07) is 5.38. The molecule has 1 aromatic rings. The number of sulfonamides is 1. The van der Waals surface area contributed by atoms with Crippen LogP contribution in [0.3, 0.4) is 0 Å². The zero-order chi connectivity index (χ0) is 15.5. The monoisotopic (exact) mass is 296 g/mol. The average Bonchev–Trinajstić information content (AvgIpc) is 2.37. The van der Waals surface area contributed by atoms with Gasteiger partial charge in [0, 0.05) is 13.1 Å². The number of hydrogen-bond donors (Lipinski definition) is 1. The molecule has 0 aliphatic rings. The molecule has 1 unspecified atom stereocenters. The van der Waals surface area contributed by atoms with Crippen LogP contribution in [0.1, 0.15) is 29.3 Å². The Hall–Kier alpha value is -1.91. The highest BCUT2D eigenvalue weighted by Crippen LogP contribution is 2.22. The Bertz CT molecular complexity index is 661. The molecule has 0 aliphatic carbocycles. The molecule has 1 N–H and O–H groups in total. The van der Waals surface area contributed by atoms with Gasteiger partial charge in [-0.05, 0) is 31.5 Å². The summed E-state index contributed by atoms with van der Waals surface area (Å²) in [4.78, 5) is 10.9. The van der Waals surface area contributed by atoms with Crippen molar-refractivity contribution in [3.05, 3.63) is 29.3 Å². The molecule has 1 atom stereocenters. The van der Waals surface area contributed by atoms with Crippen molar-refractivity contribution in [2.75, 3.05) is 7.05 Å². The van der Waals surface area contributed by atoms with Crippen LogP contribution in [0.2, 0.25) is 0 Å². The summed E-state index contributed by atoms with van der Waals surface area (Å²) < 4.78 is 26.0. The molecule has 7 heteroatoms. The first kappa shape index (κ1) is 16.1. The number of rotatable bonds is 5. The number of aryl methyl sites for hydroxylation is 1. The van der Waals surface area contributed by atoms with Crippen molar-refractivity contribution in [2.45, 2.75) is 31.2 Å². The SMILES string of the molecule is Cc1ccc(C(=O)O)cc1S(=O)(=O)N(C)C(C)CC#N. The molecule has 0 radical (unpaired) electrons. The Balaban J connectivity index is 3.32. The van der Waals surface area contributed by atoms with Crippen molar-refractivity contribution in [1.82, 2.24) is 4.31 Å². The predicted molar refractivity (Wildman–Crippen MR) is 72.8 cm³/mol. The van der Waals surface area contributed by atoms with Crippen LogP contribution in [0.5, 0.6) is 0 Å². The molecule has 0 amide bonds. The molecule has 20 heavy (non-hydrogen) atoms. The maximum Gasteiger partial charge on any atom is 0.335 e. The van der Waals surface area contributed by atoms with Crippen molar-refractivity contribution in [1.29, 1.82) is 5.26 Å². The van der Waals surface area contributed by atoms with Crippen LogP contribution in [-0.2, 0) is 10.0 Å². The Kier molecular flexibility index (Phi) is 4.87. The number of carboxylic acids is 1. The van der Waals surface area contributed by atoms with Crippen molar-refractivity contribution in [3.63, 3.8) is 0 Å². The third-order valence-electron chi connectivity index (χ3n) is 3.10. The van der Waals surface area contributed by atoms with E-state index in [0.29, 0.717) is 5.56 Å². The van der Waals surface area contributed by atoms with E-state index >= 15 is 0 Å². The fourth-order valence-electron chi connectivity index (χ4n) is 1.66. The second kappa shape index (κ2) is 6.03. The maximum atomic E-state index is 12.5. The van der Waals surface area contributed by atoms with Crippen LogP contribution >= 0.6 is 0 Å². The molecule has 0 bridgehead atoms. The fraction of sp³-hybridized carbons (Fsp3) is 0.385. The van der Waals surface area contributed by atoms with Gasteiger partial charge in [-0.2, -0.15) is 9.57 Å². The van der Waals surface area contributed by atoms with Gasteiger partial charge in [-0.15, -0.1) is 0 Å². The van der Waals surface area contributed by atoms with Gasteiger partial charge in [0.25, 0.3) is 0 Å². The number of benzene rings is 1. The number of carboxylic acid groups (broad SMARTS) is 1. The molecule has 1 rings (SSSR count). The van der Waals surface area contributed by atoms with Gasteiger partial charge in [-0.3, -0.25) is 0 Å². The Morgan fingerprint density at radius 1 is 1.50 bits per heavy atom. The highest BCUT2D eigenvalue weighted by molar-refractivity contribution is 7.89. The van der Waals surface area contributed by atoms with Gasteiger partial charge in [-0.25, -0.2) is 13.2 Å². The molecule has 0 heterocycles. The van der Waals surface area contributed by atoms with Gasteiger partial charge in [0.05, 0.1) is 22.9 Å². The van der Waals surface area contributed by atoms with Crippen LogP contribution < -0.4 is 0 Å². The second-order valence-corrected chi connectivity index (χ2v) is 6.48. The lowest BCUT2D eigenvalue weighted by Crippen LogP contribution is -2.35. The summed E-state index contributed by atoms with van der Waals surface area (Å²) in [6.45, 7) is 3.22. The van der Waals surface area contributed by atoms with E-state index in [0.717, 1.165) is 10.4 Å². The lowest BCUT2D eigenvalue weighted by atomic mass is 10.1. The number of carbonyl (C=O) groups is 1. The minimum Gasteiger partial charge on any atom is -0.478 e. The van der Waals surface area contributed by atoms with Gasteiger partial charge in [0.15, 0.2) is 0 Å². The molecule has 1 aromatic carbocycles. The molecule has 0 spiro atoms. The van der Waals surface area contributed by atoms with Gasteiger partial charge in [-0.1, -0.05) is 6.07 Å². The highest BCUT2D eigenvalue weighted by atomic mass is 32.2.